The molecule has 0 saturated heterocycles. The fourth-order valence-electron chi connectivity index (χ4n) is 0.524. The maximum Gasteiger partial charge on any atom is 0.222 e. The Balaban J connectivity index is 3.39. The first-order chi connectivity index (χ1) is 5.04. The van der Waals surface area contributed by atoms with Crippen LogP contribution in [0, 0.1) is 11.3 Å². The van der Waals surface area contributed by atoms with Crippen molar-refractivity contribution >= 4 is 11.7 Å². The number of carbonyl (C=O) groups excluding carboxylic acids is 1. The largest absolute Gasteiger partial charge is 0.388 e. The molecule has 11 heavy (non-hydrogen) atoms. The molecule has 0 heterocycles. The molecule has 4 N–H and O–H groups in total. The predicted octanol–water partition coefficient (Wildman–Crippen LogP) is 0.0847. The molecule has 0 unspecified atom stereocenters. The Morgan fingerprint density at radius 3 is 2.55 bits per heavy atom. The Labute approximate surface area is 66.7 Å². The lowest BCUT2D eigenvalue weighted by Gasteiger charge is -2.05. The highest BCUT2D eigenvalue weighted by Gasteiger charge is 2.04. The van der Waals surface area contributed by atoms with Crippen LogP contribution in [0.4, 0.5) is 0 Å². The van der Waals surface area contributed by atoms with Gasteiger partial charge in [-0.15, -0.1) is 0 Å². The zero-order valence-corrected chi connectivity index (χ0v) is 6.98. The second-order valence-corrected chi connectivity index (χ2v) is 2.72. The van der Waals surface area contributed by atoms with Crippen LogP contribution in [0.2, 0.25) is 0 Å². The second-order valence-electron chi connectivity index (χ2n) is 2.72. The molecule has 0 aliphatic carbocycles. The maximum absolute atomic E-state index is 10.9. The molecule has 0 fully saturated rings. The van der Waals surface area contributed by atoms with E-state index in [9.17, 15) is 4.79 Å². The first-order valence-corrected chi connectivity index (χ1v) is 3.64. The third kappa shape index (κ3) is 5.39. The molecule has 0 spiro atoms. The summed E-state index contributed by atoms with van der Waals surface area (Å²) < 4.78 is 0. The zero-order valence-electron chi connectivity index (χ0n) is 6.98. The van der Waals surface area contributed by atoms with Crippen molar-refractivity contribution in [2.75, 3.05) is 6.54 Å². The Hall–Kier alpha value is -1.06. The molecule has 0 aromatic carbocycles. The van der Waals surface area contributed by atoms with E-state index in [2.05, 4.69) is 5.32 Å². The van der Waals surface area contributed by atoms with E-state index in [1.807, 2.05) is 13.8 Å². The highest BCUT2D eigenvalue weighted by Crippen LogP contribution is 1.89. The van der Waals surface area contributed by atoms with Crippen LogP contribution in [0.15, 0.2) is 0 Å². The van der Waals surface area contributed by atoms with Crippen molar-refractivity contribution in [1.82, 2.24) is 5.32 Å². The number of rotatable bonds is 4. The van der Waals surface area contributed by atoms with E-state index < -0.39 is 0 Å². The number of amidine groups is 1. The number of nitrogens with two attached hydrogens (primary N) is 1. The van der Waals surface area contributed by atoms with Crippen molar-refractivity contribution in [3.63, 3.8) is 0 Å². The molecule has 0 aliphatic heterocycles. The van der Waals surface area contributed by atoms with Gasteiger partial charge < -0.3 is 11.1 Å². The Bertz CT molecular complexity index is 154. The summed E-state index contributed by atoms with van der Waals surface area (Å²) in [5.41, 5.74) is 5.09. The van der Waals surface area contributed by atoms with E-state index in [-0.39, 0.29) is 17.7 Å². The van der Waals surface area contributed by atoms with E-state index >= 15 is 0 Å². The monoisotopic (exact) mass is 157 g/mol. The van der Waals surface area contributed by atoms with Gasteiger partial charge in [-0.25, -0.2) is 0 Å². The van der Waals surface area contributed by atoms with Crippen LogP contribution in [0.5, 0.6) is 0 Å². The minimum absolute atomic E-state index is 0.00181. The molecular weight excluding hydrogens is 142 g/mol. The molecule has 0 aromatic heterocycles. The van der Waals surface area contributed by atoms with Crippen LogP contribution in [-0.2, 0) is 4.79 Å². The van der Waals surface area contributed by atoms with Gasteiger partial charge in [0, 0.05) is 18.9 Å². The van der Waals surface area contributed by atoms with Gasteiger partial charge in [0.15, 0.2) is 0 Å². The molecule has 0 aliphatic rings. The minimum Gasteiger partial charge on any atom is -0.388 e. The van der Waals surface area contributed by atoms with E-state index in [0.29, 0.717) is 13.0 Å². The third-order valence-corrected chi connectivity index (χ3v) is 1.22. The van der Waals surface area contributed by atoms with Gasteiger partial charge in [-0.1, -0.05) is 13.8 Å². The number of nitrogens with one attached hydrogen (secondary N) is 2. The molecule has 0 radical (unpaired) electrons. The summed E-state index contributed by atoms with van der Waals surface area (Å²) in [5, 5.41) is 9.53. The van der Waals surface area contributed by atoms with E-state index in [1.165, 1.54) is 0 Å². The first kappa shape index (κ1) is 9.94. The SMILES string of the molecule is CC(C)C(=O)NCCC(=N)N. The highest BCUT2D eigenvalue weighted by molar-refractivity contribution is 5.80. The Kier molecular flexibility index (Phi) is 4.26. The summed E-state index contributed by atoms with van der Waals surface area (Å²) in [5.74, 6) is 0.113. The topological polar surface area (TPSA) is 79.0 Å². The van der Waals surface area contributed by atoms with Gasteiger partial charge in [-0.2, -0.15) is 0 Å². The fraction of sp³-hybridized carbons (Fsp3) is 0.714. The lowest BCUT2D eigenvalue weighted by molar-refractivity contribution is -0.123. The third-order valence-electron chi connectivity index (χ3n) is 1.22. The van der Waals surface area contributed by atoms with Gasteiger partial charge in [0.05, 0.1) is 5.84 Å². The molecule has 4 nitrogen and oxygen atoms in total. The van der Waals surface area contributed by atoms with Gasteiger partial charge in [-0.05, 0) is 0 Å². The van der Waals surface area contributed by atoms with E-state index in [4.69, 9.17) is 11.1 Å². The quantitative estimate of drug-likeness (QED) is 0.399. The highest BCUT2D eigenvalue weighted by atomic mass is 16.1. The van der Waals surface area contributed by atoms with Crippen molar-refractivity contribution in [2.24, 2.45) is 11.7 Å². The number of hydrogen-bond donors (Lipinski definition) is 3. The molecule has 0 rings (SSSR count). The standard InChI is InChI=1S/C7H15N3O/c1-5(2)7(11)10-4-3-6(8)9/h5H,3-4H2,1-2H3,(H3,8,9)(H,10,11). The van der Waals surface area contributed by atoms with Crippen LogP contribution in [0.3, 0.4) is 0 Å². The zero-order chi connectivity index (χ0) is 8.85. The number of hydrogen-bond acceptors (Lipinski definition) is 2. The summed E-state index contributed by atoms with van der Waals surface area (Å²) >= 11 is 0. The van der Waals surface area contributed by atoms with E-state index in [0.717, 1.165) is 0 Å². The van der Waals surface area contributed by atoms with Crippen molar-refractivity contribution in [2.45, 2.75) is 20.3 Å². The summed E-state index contributed by atoms with van der Waals surface area (Å²) in [7, 11) is 0. The second kappa shape index (κ2) is 4.71. The number of amides is 1. The van der Waals surface area contributed by atoms with Crippen molar-refractivity contribution in [3.05, 3.63) is 0 Å². The van der Waals surface area contributed by atoms with Gasteiger partial charge in [0.25, 0.3) is 0 Å². The average molecular weight is 157 g/mol. The summed E-state index contributed by atoms with van der Waals surface area (Å²) in [6.45, 7) is 4.11. The molecule has 0 bridgehead atoms. The molecule has 64 valence electrons. The molecule has 4 heteroatoms. The molecule has 1 amide bonds. The first-order valence-electron chi connectivity index (χ1n) is 3.64. The van der Waals surface area contributed by atoms with Crippen LogP contribution < -0.4 is 11.1 Å². The van der Waals surface area contributed by atoms with Crippen LogP contribution >= 0.6 is 0 Å². The fourth-order valence-corrected chi connectivity index (χ4v) is 0.524. The lowest BCUT2D eigenvalue weighted by atomic mass is 10.2. The van der Waals surface area contributed by atoms with Crippen LogP contribution in [0.1, 0.15) is 20.3 Å². The molecule has 0 saturated carbocycles. The number of carbonyl (C=O) groups is 1. The van der Waals surface area contributed by atoms with Crippen molar-refractivity contribution < 1.29 is 4.79 Å². The van der Waals surface area contributed by atoms with Gasteiger partial charge >= 0.3 is 0 Å². The summed E-state index contributed by atoms with van der Waals surface area (Å²) in [6, 6.07) is 0. The Morgan fingerprint density at radius 2 is 2.18 bits per heavy atom. The molecule has 0 atom stereocenters. The van der Waals surface area contributed by atoms with E-state index in [1.54, 1.807) is 0 Å². The normalized spacial score (nSPS) is 9.73. The van der Waals surface area contributed by atoms with Gasteiger partial charge in [-0.3, -0.25) is 10.2 Å². The molecular formula is C7H15N3O. The summed E-state index contributed by atoms with van der Waals surface area (Å²) in [6.07, 6.45) is 0.429. The Morgan fingerprint density at radius 1 is 1.64 bits per heavy atom. The van der Waals surface area contributed by atoms with Crippen molar-refractivity contribution in [1.29, 1.82) is 5.41 Å². The summed E-state index contributed by atoms with van der Waals surface area (Å²) in [4.78, 5) is 10.9. The van der Waals surface area contributed by atoms with Gasteiger partial charge in [0.1, 0.15) is 0 Å². The maximum atomic E-state index is 10.9. The average Bonchev–Trinajstić information content (AvgIpc) is 1.86. The molecule has 0 aromatic rings. The van der Waals surface area contributed by atoms with Gasteiger partial charge in [0.2, 0.25) is 5.91 Å². The predicted molar refractivity (Wildman–Crippen MR) is 44.4 cm³/mol. The minimum atomic E-state index is 0.00181. The van der Waals surface area contributed by atoms with Crippen LogP contribution in [-0.4, -0.2) is 18.3 Å². The van der Waals surface area contributed by atoms with Crippen LogP contribution in [0.25, 0.3) is 0 Å². The smallest absolute Gasteiger partial charge is 0.222 e. The van der Waals surface area contributed by atoms with Crippen molar-refractivity contribution in [3.8, 4) is 0 Å². The lowest BCUT2D eigenvalue weighted by Crippen LogP contribution is -2.30.